The summed E-state index contributed by atoms with van der Waals surface area (Å²) in [6.45, 7) is 2.94. The molecular weight excluding hydrogens is 307 g/mol. The molecule has 0 bridgehead atoms. The molecule has 0 atom stereocenters. The quantitative estimate of drug-likeness (QED) is 0.731. The van der Waals surface area contributed by atoms with E-state index < -0.39 is 15.1 Å². The van der Waals surface area contributed by atoms with Crippen molar-refractivity contribution in [2.24, 2.45) is 0 Å². The number of nitrogens with zero attached hydrogens (tertiary/aromatic N) is 2. The van der Waals surface area contributed by atoms with Gasteiger partial charge in [0.2, 0.25) is 0 Å². The molecule has 0 unspecified atom stereocenters. The van der Waals surface area contributed by atoms with E-state index in [-0.39, 0.29) is 11.6 Å². The van der Waals surface area contributed by atoms with E-state index in [9.17, 15) is 12.8 Å². The standard InChI is InChI=1S/C15H19FN2O3S/c1-11(2)22(19,20)13-8-6-12(7-9-13)15-17-14(18-21-15)5-3-4-10-16/h6-9,11H,3-5,10H2,1-2H3. The van der Waals surface area contributed by atoms with Crippen molar-refractivity contribution >= 4 is 9.84 Å². The van der Waals surface area contributed by atoms with Gasteiger partial charge in [0, 0.05) is 12.0 Å². The van der Waals surface area contributed by atoms with E-state index in [0.717, 1.165) is 0 Å². The first-order valence-electron chi connectivity index (χ1n) is 7.18. The van der Waals surface area contributed by atoms with Gasteiger partial charge in [-0.2, -0.15) is 4.98 Å². The Labute approximate surface area is 129 Å². The molecule has 0 fully saturated rings. The third-order valence-electron chi connectivity index (χ3n) is 3.30. The third kappa shape index (κ3) is 3.71. The molecular formula is C15H19FN2O3S. The van der Waals surface area contributed by atoms with Gasteiger partial charge in [0.05, 0.1) is 16.8 Å². The largest absolute Gasteiger partial charge is 0.334 e. The van der Waals surface area contributed by atoms with Crippen molar-refractivity contribution in [3.05, 3.63) is 30.1 Å². The Morgan fingerprint density at radius 3 is 2.45 bits per heavy atom. The Balaban J connectivity index is 2.14. The molecule has 1 aromatic heterocycles. The number of alkyl halides is 1. The second-order valence-corrected chi connectivity index (χ2v) is 7.78. The molecule has 120 valence electrons. The average Bonchev–Trinajstić information content (AvgIpc) is 2.96. The molecule has 0 spiro atoms. The molecule has 22 heavy (non-hydrogen) atoms. The van der Waals surface area contributed by atoms with Crippen molar-refractivity contribution in [1.29, 1.82) is 0 Å². The molecule has 0 radical (unpaired) electrons. The minimum atomic E-state index is -3.29. The van der Waals surface area contributed by atoms with Gasteiger partial charge in [-0.3, -0.25) is 4.39 Å². The van der Waals surface area contributed by atoms with Crippen molar-refractivity contribution in [3.8, 4) is 11.5 Å². The molecule has 0 saturated heterocycles. The zero-order valence-electron chi connectivity index (χ0n) is 12.6. The second-order valence-electron chi connectivity index (χ2n) is 5.28. The van der Waals surface area contributed by atoms with Crippen LogP contribution in [-0.4, -0.2) is 30.5 Å². The van der Waals surface area contributed by atoms with Gasteiger partial charge in [0.15, 0.2) is 15.7 Å². The van der Waals surface area contributed by atoms with E-state index in [1.54, 1.807) is 26.0 Å². The van der Waals surface area contributed by atoms with E-state index in [1.807, 2.05) is 0 Å². The number of aromatic nitrogens is 2. The number of benzene rings is 1. The highest BCUT2D eigenvalue weighted by atomic mass is 32.2. The van der Waals surface area contributed by atoms with E-state index in [0.29, 0.717) is 36.5 Å². The molecule has 0 aliphatic carbocycles. The number of hydrogen-bond acceptors (Lipinski definition) is 5. The fourth-order valence-electron chi connectivity index (χ4n) is 1.91. The number of aryl methyl sites for hydroxylation is 1. The normalized spacial score (nSPS) is 12.0. The highest BCUT2D eigenvalue weighted by Crippen LogP contribution is 2.22. The van der Waals surface area contributed by atoms with Gasteiger partial charge in [0.1, 0.15) is 0 Å². The molecule has 1 aromatic carbocycles. The van der Waals surface area contributed by atoms with Gasteiger partial charge in [-0.1, -0.05) is 5.16 Å². The maximum absolute atomic E-state index is 12.0. The number of hydrogen-bond donors (Lipinski definition) is 0. The summed E-state index contributed by atoms with van der Waals surface area (Å²) in [6, 6.07) is 6.37. The van der Waals surface area contributed by atoms with Crippen LogP contribution in [0, 0.1) is 0 Å². The first-order valence-corrected chi connectivity index (χ1v) is 8.72. The van der Waals surface area contributed by atoms with Gasteiger partial charge in [-0.25, -0.2) is 8.42 Å². The number of unbranched alkanes of at least 4 members (excludes halogenated alkanes) is 1. The van der Waals surface area contributed by atoms with Gasteiger partial charge in [-0.15, -0.1) is 0 Å². The first-order chi connectivity index (χ1) is 10.4. The van der Waals surface area contributed by atoms with Gasteiger partial charge in [0.25, 0.3) is 5.89 Å². The predicted molar refractivity (Wildman–Crippen MR) is 81.0 cm³/mol. The monoisotopic (exact) mass is 326 g/mol. The molecule has 0 N–H and O–H groups in total. The second kappa shape index (κ2) is 7.00. The first kappa shape index (κ1) is 16.6. The Morgan fingerprint density at radius 2 is 1.86 bits per heavy atom. The summed E-state index contributed by atoms with van der Waals surface area (Å²) in [6.07, 6.45) is 1.71. The van der Waals surface area contributed by atoms with E-state index in [2.05, 4.69) is 10.1 Å². The Kier molecular flexibility index (Phi) is 5.28. The number of sulfone groups is 1. The number of rotatable bonds is 7. The van der Waals surface area contributed by atoms with Crippen LogP contribution in [0.3, 0.4) is 0 Å². The smallest absolute Gasteiger partial charge is 0.257 e. The van der Waals surface area contributed by atoms with Crippen molar-refractivity contribution < 1.29 is 17.3 Å². The van der Waals surface area contributed by atoms with Crippen molar-refractivity contribution in [3.63, 3.8) is 0 Å². The Hall–Kier alpha value is -1.76. The van der Waals surface area contributed by atoms with E-state index >= 15 is 0 Å². The fraction of sp³-hybridized carbons (Fsp3) is 0.467. The van der Waals surface area contributed by atoms with Crippen molar-refractivity contribution in [2.45, 2.75) is 43.3 Å². The maximum Gasteiger partial charge on any atom is 0.257 e. The molecule has 0 amide bonds. The van der Waals surface area contributed by atoms with E-state index in [1.165, 1.54) is 12.1 Å². The summed E-state index contributed by atoms with van der Waals surface area (Å²) < 4.78 is 41.3. The van der Waals surface area contributed by atoms with Crippen LogP contribution >= 0.6 is 0 Å². The molecule has 0 aliphatic rings. The summed E-state index contributed by atoms with van der Waals surface area (Å²) >= 11 is 0. The van der Waals surface area contributed by atoms with Crippen LogP contribution in [0.2, 0.25) is 0 Å². The Morgan fingerprint density at radius 1 is 1.18 bits per heavy atom. The topological polar surface area (TPSA) is 73.1 Å². The SMILES string of the molecule is CC(C)S(=O)(=O)c1ccc(-c2nc(CCCCF)no2)cc1. The summed E-state index contributed by atoms with van der Waals surface area (Å²) in [4.78, 5) is 4.50. The van der Waals surface area contributed by atoms with Gasteiger partial charge < -0.3 is 4.52 Å². The summed E-state index contributed by atoms with van der Waals surface area (Å²) in [5.74, 6) is 0.867. The van der Waals surface area contributed by atoms with E-state index in [4.69, 9.17) is 4.52 Å². The molecule has 0 saturated carbocycles. The van der Waals surface area contributed by atoms with Crippen LogP contribution in [0.4, 0.5) is 4.39 Å². The highest BCUT2D eigenvalue weighted by molar-refractivity contribution is 7.92. The zero-order valence-corrected chi connectivity index (χ0v) is 13.4. The predicted octanol–water partition coefficient (Wildman–Crippen LogP) is 3.21. The lowest BCUT2D eigenvalue weighted by molar-refractivity contribution is 0.417. The summed E-state index contributed by atoms with van der Waals surface area (Å²) in [5, 5.41) is 3.37. The molecule has 2 rings (SSSR count). The number of halogens is 1. The van der Waals surface area contributed by atoms with Crippen LogP contribution in [0.5, 0.6) is 0 Å². The third-order valence-corrected chi connectivity index (χ3v) is 5.47. The molecule has 5 nitrogen and oxygen atoms in total. The molecule has 1 heterocycles. The minimum Gasteiger partial charge on any atom is -0.334 e. The Bertz CT molecular complexity index is 709. The zero-order chi connectivity index (χ0) is 16.2. The maximum atomic E-state index is 12.0. The lowest BCUT2D eigenvalue weighted by Crippen LogP contribution is -2.13. The summed E-state index contributed by atoms with van der Waals surface area (Å²) in [5.41, 5.74) is 0.659. The van der Waals surface area contributed by atoms with Crippen molar-refractivity contribution in [1.82, 2.24) is 10.1 Å². The average molecular weight is 326 g/mol. The lowest BCUT2D eigenvalue weighted by Gasteiger charge is -2.07. The van der Waals surface area contributed by atoms with Crippen LogP contribution < -0.4 is 0 Å². The molecule has 2 aromatic rings. The van der Waals surface area contributed by atoms with Crippen LogP contribution in [0.15, 0.2) is 33.7 Å². The molecule has 7 heteroatoms. The van der Waals surface area contributed by atoms with Crippen LogP contribution in [0.1, 0.15) is 32.5 Å². The highest BCUT2D eigenvalue weighted by Gasteiger charge is 2.19. The van der Waals surface area contributed by atoms with Crippen LogP contribution in [0.25, 0.3) is 11.5 Å². The van der Waals surface area contributed by atoms with Crippen LogP contribution in [-0.2, 0) is 16.3 Å². The summed E-state index contributed by atoms with van der Waals surface area (Å²) in [7, 11) is -3.29. The minimum absolute atomic E-state index is 0.272. The van der Waals surface area contributed by atoms with Crippen molar-refractivity contribution in [2.75, 3.05) is 6.67 Å². The molecule has 0 aliphatic heterocycles. The van der Waals surface area contributed by atoms with Gasteiger partial charge in [-0.05, 0) is 51.0 Å². The lowest BCUT2D eigenvalue weighted by atomic mass is 10.2. The van der Waals surface area contributed by atoms with Gasteiger partial charge >= 0.3 is 0 Å². The fourth-order valence-corrected chi connectivity index (χ4v) is 2.97.